The van der Waals surface area contributed by atoms with E-state index in [0.717, 1.165) is 12.1 Å². The Kier molecular flexibility index (Phi) is 4.38. The van der Waals surface area contributed by atoms with Crippen molar-refractivity contribution >= 4 is 5.91 Å². The number of aromatic nitrogens is 1. The third-order valence-corrected chi connectivity index (χ3v) is 3.98. The summed E-state index contributed by atoms with van der Waals surface area (Å²) in [7, 11) is 0. The molecule has 23 heavy (non-hydrogen) atoms. The minimum Gasteiger partial charge on any atom is -0.393 e. The molecule has 2 aromatic rings. The molecular weight excluding hydrogens is 306 g/mol. The summed E-state index contributed by atoms with van der Waals surface area (Å²) in [6.07, 6.45) is 2.44. The number of amides is 1. The summed E-state index contributed by atoms with van der Waals surface area (Å²) in [5.41, 5.74) is 0.382. The standard InChI is InChI=1S/C16H16F2N2O3/c17-12-6-1-9(7-13(12)18)15-8-14(20-23-15)16(22)19-10-2-4-11(21)5-3-10/h1,6-8,10-11,21H,2-5H2,(H,19,22). The Morgan fingerprint density at radius 1 is 1.17 bits per heavy atom. The summed E-state index contributed by atoms with van der Waals surface area (Å²) in [6, 6.07) is 4.71. The van der Waals surface area contributed by atoms with Crippen LogP contribution in [0, 0.1) is 11.6 Å². The molecule has 0 radical (unpaired) electrons. The number of aliphatic hydroxyl groups excluding tert-OH is 1. The number of aliphatic hydroxyl groups is 1. The fraction of sp³-hybridized carbons (Fsp3) is 0.375. The van der Waals surface area contributed by atoms with E-state index >= 15 is 0 Å². The molecule has 0 unspecified atom stereocenters. The zero-order valence-electron chi connectivity index (χ0n) is 12.3. The van der Waals surface area contributed by atoms with E-state index in [1.807, 2.05) is 0 Å². The number of carbonyl (C=O) groups excluding carboxylic acids is 1. The van der Waals surface area contributed by atoms with Gasteiger partial charge in [0.15, 0.2) is 23.1 Å². The maximum atomic E-state index is 13.2. The smallest absolute Gasteiger partial charge is 0.273 e. The fourth-order valence-electron chi connectivity index (χ4n) is 2.65. The number of nitrogens with one attached hydrogen (secondary N) is 1. The van der Waals surface area contributed by atoms with Gasteiger partial charge in [-0.1, -0.05) is 5.16 Å². The molecule has 0 spiro atoms. The molecule has 0 atom stereocenters. The van der Waals surface area contributed by atoms with Gasteiger partial charge in [-0.25, -0.2) is 8.78 Å². The van der Waals surface area contributed by atoms with Crippen LogP contribution in [-0.2, 0) is 0 Å². The maximum absolute atomic E-state index is 13.2. The molecule has 2 N–H and O–H groups in total. The van der Waals surface area contributed by atoms with Crippen LogP contribution >= 0.6 is 0 Å². The molecule has 3 rings (SSSR count). The molecule has 1 saturated carbocycles. The van der Waals surface area contributed by atoms with Crippen molar-refractivity contribution in [1.82, 2.24) is 10.5 Å². The van der Waals surface area contributed by atoms with Crippen LogP contribution in [0.15, 0.2) is 28.8 Å². The molecule has 1 aromatic carbocycles. The Balaban J connectivity index is 1.68. The predicted molar refractivity (Wildman–Crippen MR) is 77.6 cm³/mol. The molecule has 0 saturated heterocycles. The molecule has 0 bridgehead atoms. The minimum atomic E-state index is -0.995. The molecule has 1 aliphatic carbocycles. The highest BCUT2D eigenvalue weighted by Gasteiger charge is 2.23. The Bertz CT molecular complexity index is 709. The Morgan fingerprint density at radius 2 is 1.91 bits per heavy atom. The van der Waals surface area contributed by atoms with Crippen molar-refractivity contribution in [3.8, 4) is 11.3 Å². The first kappa shape index (κ1) is 15.6. The first-order valence-corrected chi connectivity index (χ1v) is 7.44. The number of benzene rings is 1. The van der Waals surface area contributed by atoms with Crippen molar-refractivity contribution in [2.45, 2.75) is 37.8 Å². The van der Waals surface area contributed by atoms with Crippen LogP contribution in [0.25, 0.3) is 11.3 Å². The number of halogens is 2. The van der Waals surface area contributed by atoms with E-state index in [2.05, 4.69) is 10.5 Å². The average molecular weight is 322 g/mol. The molecule has 1 heterocycles. The fourth-order valence-corrected chi connectivity index (χ4v) is 2.65. The van der Waals surface area contributed by atoms with Gasteiger partial charge in [-0.15, -0.1) is 0 Å². The van der Waals surface area contributed by atoms with Gasteiger partial charge in [-0.05, 0) is 43.9 Å². The highest BCUT2D eigenvalue weighted by molar-refractivity contribution is 5.93. The number of nitrogens with zero attached hydrogens (tertiary/aromatic N) is 1. The van der Waals surface area contributed by atoms with Gasteiger partial charge in [0.1, 0.15) is 0 Å². The van der Waals surface area contributed by atoms with Gasteiger partial charge in [0.2, 0.25) is 0 Å². The van der Waals surface area contributed by atoms with Crippen LogP contribution in [0.5, 0.6) is 0 Å². The van der Waals surface area contributed by atoms with Gasteiger partial charge < -0.3 is 14.9 Å². The second kappa shape index (κ2) is 6.45. The van der Waals surface area contributed by atoms with Gasteiger partial charge in [-0.2, -0.15) is 0 Å². The van der Waals surface area contributed by atoms with Gasteiger partial charge in [0.05, 0.1) is 6.10 Å². The van der Waals surface area contributed by atoms with Gasteiger partial charge in [0, 0.05) is 17.7 Å². The SMILES string of the molecule is O=C(NC1CCC(O)CC1)c1cc(-c2ccc(F)c(F)c2)on1. The lowest BCUT2D eigenvalue weighted by Crippen LogP contribution is -2.38. The van der Waals surface area contributed by atoms with E-state index in [1.165, 1.54) is 12.1 Å². The lowest BCUT2D eigenvalue weighted by Gasteiger charge is -2.25. The topological polar surface area (TPSA) is 75.4 Å². The summed E-state index contributed by atoms with van der Waals surface area (Å²) < 4.78 is 31.2. The number of hydrogen-bond donors (Lipinski definition) is 2. The molecule has 1 aliphatic rings. The molecule has 7 heteroatoms. The molecular formula is C16H16F2N2O3. The van der Waals surface area contributed by atoms with E-state index < -0.39 is 11.6 Å². The Hall–Kier alpha value is -2.28. The minimum absolute atomic E-state index is 0.00526. The molecule has 1 fully saturated rings. The third-order valence-electron chi connectivity index (χ3n) is 3.98. The summed E-state index contributed by atoms with van der Waals surface area (Å²) >= 11 is 0. The lowest BCUT2D eigenvalue weighted by atomic mass is 9.93. The molecule has 122 valence electrons. The summed E-state index contributed by atoms with van der Waals surface area (Å²) in [6.45, 7) is 0. The maximum Gasteiger partial charge on any atom is 0.273 e. The molecule has 1 aromatic heterocycles. The van der Waals surface area contributed by atoms with Crippen molar-refractivity contribution in [2.24, 2.45) is 0 Å². The van der Waals surface area contributed by atoms with Crippen LogP contribution in [0.4, 0.5) is 8.78 Å². The number of hydrogen-bond acceptors (Lipinski definition) is 4. The van der Waals surface area contributed by atoms with Crippen molar-refractivity contribution < 1.29 is 23.2 Å². The van der Waals surface area contributed by atoms with Crippen molar-refractivity contribution in [2.75, 3.05) is 0 Å². The summed E-state index contributed by atoms with van der Waals surface area (Å²) in [5.74, 6) is -2.14. The van der Waals surface area contributed by atoms with Gasteiger partial charge >= 0.3 is 0 Å². The number of rotatable bonds is 3. The second-order valence-electron chi connectivity index (χ2n) is 5.68. The van der Waals surface area contributed by atoms with E-state index in [9.17, 15) is 18.7 Å². The van der Waals surface area contributed by atoms with Crippen LogP contribution in [0.3, 0.4) is 0 Å². The van der Waals surface area contributed by atoms with Crippen molar-refractivity contribution in [3.05, 3.63) is 41.6 Å². The third kappa shape index (κ3) is 3.56. The number of carbonyl (C=O) groups is 1. The molecule has 1 amide bonds. The van der Waals surface area contributed by atoms with Crippen molar-refractivity contribution in [1.29, 1.82) is 0 Å². The first-order chi connectivity index (χ1) is 11.0. The monoisotopic (exact) mass is 322 g/mol. The second-order valence-corrected chi connectivity index (χ2v) is 5.68. The highest BCUT2D eigenvalue weighted by atomic mass is 19.2. The van der Waals surface area contributed by atoms with Crippen LogP contribution in [-0.4, -0.2) is 28.3 Å². The van der Waals surface area contributed by atoms with E-state index in [1.54, 1.807) is 0 Å². The van der Waals surface area contributed by atoms with E-state index in [0.29, 0.717) is 31.2 Å². The highest BCUT2D eigenvalue weighted by Crippen LogP contribution is 2.23. The first-order valence-electron chi connectivity index (χ1n) is 7.44. The zero-order chi connectivity index (χ0) is 16.4. The van der Waals surface area contributed by atoms with Crippen LogP contribution in [0.1, 0.15) is 36.2 Å². The largest absolute Gasteiger partial charge is 0.393 e. The van der Waals surface area contributed by atoms with Crippen LogP contribution < -0.4 is 5.32 Å². The van der Waals surface area contributed by atoms with Gasteiger partial charge in [0.25, 0.3) is 5.91 Å². The van der Waals surface area contributed by atoms with Crippen molar-refractivity contribution in [3.63, 3.8) is 0 Å². The van der Waals surface area contributed by atoms with E-state index in [-0.39, 0.29) is 29.5 Å². The quantitative estimate of drug-likeness (QED) is 0.911. The van der Waals surface area contributed by atoms with E-state index in [4.69, 9.17) is 4.52 Å². The predicted octanol–water partition coefficient (Wildman–Crippen LogP) is 2.65. The Labute approximate surface area is 131 Å². The summed E-state index contributed by atoms with van der Waals surface area (Å²) in [4.78, 5) is 12.1. The zero-order valence-corrected chi connectivity index (χ0v) is 12.3. The Morgan fingerprint density at radius 3 is 2.61 bits per heavy atom. The normalized spacial score (nSPS) is 21.2. The summed E-state index contributed by atoms with van der Waals surface area (Å²) in [5, 5.41) is 16.0. The molecule has 0 aliphatic heterocycles. The average Bonchev–Trinajstić information content (AvgIpc) is 3.02. The van der Waals surface area contributed by atoms with Crippen LogP contribution in [0.2, 0.25) is 0 Å². The van der Waals surface area contributed by atoms with Gasteiger partial charge in [-0.3, -0.25) is 4.79 Å². The molecule has 5 nitrogen and oxygen atoms in total. The lowest BCUT2D eigenvalue weighted by molar-refractivity contribution is 0.0859.